The molecule has 0 saturated heterocycles. The van der Waals surface area contributed by atoms with Crippen LogP contribution in [0.1, 0.15) is 12.6 Å². The van der Waals surface area contributed by atoms with Crippen LogP contribution >= 0.6 is 0 Å². The highest BCUT2D eigenvalue weighted by Gasteiger charge is 2.17. The minimum atomic E-state index is -0.745. The summed E-state index contributed by atoms with van der Waals surface area (Å²) in [5, 5.41) is 3.84. The first-order valence-electron chi connectivity index (χ1n) is 7.72. The van der Waals surface area contributed by atoms with Gasteiger partial charge in [0.2, 0.25) is 0 Å². The molecule has 1 aromatic heterocycles. The van der Waals surface area contributed by atoms with Crippen LogP contribution in [0.25, 0.3) is 11.3 Å². The lowest BCUT2D eigenvalue weighted by molar-refractivity contribution is -0.152. The highest BCUT2D eigenvalue weighted by atomic mass is 19.1. The van der Waals surface area contributed by atoms with Crippen LogP contribution < -0.4 is 4.74 Å². The molecule has 3 rings (SSSR count). The van der Waals surface area contributed by atoms with Gasteiger partial charge in [0.15, 0.2) is 11.9 Å². The van der Waals surface area contributed by atoms with Crippen LogP contribution in [0.5, 0.6) is 5.75 Å². The number of carbonyl (C=O) groups is 1. The Labute approximate surface area is 144 Å². The molecule has 2 aromatic carbocycles. The van der Waals surface area contributed by atoms with Crippen LogP contribution in [0.15, 0.2) is 65.2 Å². The van der Waals surface area contributed by atoms with Crippen molar-refractivity contribution in [2.45, 2.75) is 19.6 Å². The van der Waals surface area contributed by atoms with E-state index in [-0.39, 0.29) is 12.4 Å². The fraction of sp³-hybridized carbons (Fsp3) is 0.158. The van der Waals surface area contributed by atoms with E-state index in [2.05, 4.69) is 5.16 Å². The molecule has 5 nitrogen and oxygen atoms in total. The lowest BCUT2D eigenvalue weighted by atomic mass is 10.1. The second kappa shape index (κ2) is 7.61. The van der Waals surface area contributed by atoms with E-state index in [1.807, 2.05) is 18.2 Å². The normalized spacial score (nSPS) is 11.8. The summed E-state index contributed by atoms with van der Waals surface area (Å²) in [7, 11) is 0. The molecule has 0 aliphatic rings. The number of benzene rings is 2. The van der Waals surface area contributed by atoms with Crippen molar-refractivity contribution in [1.29, 1.82) is 0 Å². The third-order valence-electron chi connectivity index (χ3n) is 3.44. The number of carbonyl (C=O) groups excluding carboxylic acids is 1. The molecule has 0 spiro atoms. The minimum absolute atomic E-state index is 0.0357. The summed E-state index contributed by atoms with van der Waals surface area (Å²) in [5.74, 6) is 0.228. The van der Waals surface area contributed by atoms with Gasteiger partial charge in [0.05, 0.1) is 0 Å². The summed E-state index contributed by atoms with van der Waals surface area (Å²) in [6.07, 6.45) is -0.745. The van der Waals surface area contributed by atoms with Gasteiger partial charge in [-0.2, -0.15) is 0 Å². The number of hydrogen-bond donors (Lipinski definition) is 0. The van der Waals surface area contributed by atoms with E-state index in [0.29, 0.717) is 22.8 Å². The molecule has 6 heteroatoms. The van der Waals surface area contributed by atoms with Crippen molar-refractivity contribution in [3.63, 3.8) is 0 Å². The van der Waals surface area contributed by atoms with Gasteiger partial charge in [-0.1, -0.05) is 23.4 Å². The van der Waals surface area contributed by atoms with Crippen molar-refractivity contribution >= 4 is 5.97 Å². The molecule has 0 radical (unpaired) electrons. The fourth-order valence-electron chi connectivity index (χ4n) is 2.14. The van der Waals surface area contributed by atoms with Crippen molar-refractivity contribution in [2.24, 2.45) is 0 Å². The molecular weight excluding hydrogens is 325 g/mol. The summed E-state index contributed by atoms with van der Waals surface area (Å²) < 4.78 is 28.8. The Hall–Kier alpha value is -3.15. The highest BCUT2D eigenvalue weighted by molar-refractivity contribution is 5.74. The van der Waals surface area contributed by atoms with Gasteiger partial charge in [-0.05, 0) is 43.3 Å². The molecule has 3 aromatic rings. The molecule has 0 saturated carbocycles. The Bertz CT molecular complexity index is 830. The van der Waals surface area contributed by atoms with Crippen LogP contribution in [0.4, 0.5) is 4.39 Å². The van der Waals surface area contributed by atoms with Crippen molar-refractivity contribution in [2.75, 3.05) is 0 Å². The van der Waals surface area contributed by atoms with Gasteiger partial charge < -0.3 is 14.0 Å². The zero-order chi connectivity index (χ0) is 17.6. The minimum Gasteiger partial charge on any atom is -0.479 e. The number of para-hydroxylation sites is 1. The molecular formula is C19H16FNO4. The summed E-state index contributed by atoms with van der Waals surface area (Å²) in [6, 6.07) is 16.5. The van der Waals surface area contributed by atoms with E-state index in [0.717, 1.165) is 0 Å². The zero-order valence-corrected chi connectivity index (χ0v) is 13.5. The SMILES string of the molecule is CC(Oc1ccccc1)C(=O)OCc1cc(-c2ccc(F)cc2)on1. The van der Waals surface area contributed by atoms with E-state index < -0.39 is 12.1 Å². The fourth-order valence-corrected chi connectivity index (χ4v) is 2.14. The van der Waals surface area contributed by atoms with Crippen LogP contribution in [-0.2, 0) is 16.1 Å². The van der Waals surface area contributed by atoms with Crippen LogP contribution in [0.3, 0.4) is 0 Å². The largest absolute Gasteiger partial charge is 0.479 e. The lowest BCUT2D eigenvalue weighted by Gasteiger charge is -2.13. The first-order chi connectivity index (χ1) is 12.1. The van der Waals surface area contributed by atoms with Crippen molar-refractivity contribution < 1.29 is 23.2 Å². The third kappa shape index (κ3) is 4.44. The molecule has 0 aliphatic carbocycles. The van der Waals surface area contributed by atoms with Gasteiger partial charge in [0, 0.05) is 11.6 Å². The maximum Gasteiger partial charge on any atom is 0.347 e. The molecule has 25 heavy (non-hydrogen) atoms. The van der Waals surface area contributed by atoms with Gasteiger partial charge in [-0.25, -0.2) is 9.18 Å². The highest BCUT2D eigenvalue weighted by Crippen LogP contribution is 2.21. The van der Waals surface area contributed by atoms with Gasteiger partial charge in [0.25, 0.3) is 0 Å². The second-order valence-corrected chi connectivity index (χ2v) is 5.37. The average Bonchev–Trinajstić information content (AvgIpc) is 3.10. The molecule has 0 amide bonds. The molecule has 128 valence electrons. The number of halogens is 1. The summed E-state index contributed by atoms with van der Waals surface area (Å²) >= 11 is 0. The molecule has 1 atom stereocenters. The van der Waals surface area contributed by atoms with E-state index in [4.69, 9.17) is 14.0 Å². The maximum atomic E-state index is 12.9. The first-order valence-corrected chi connectivity index (χ1v) is 7.72. The van der Waals surface area contributed by atoms with Crippen molar-refractivity contribution in [3.8, 4) is 17.1 Å². The quantitative estimate of drug-likeness (QED) is 0.634. The monoisotopic (exact) mass is 341 g/mol. The van der Waals surface area contributed by atoms with E-state index in [1.54, 1.807) is 37.3 Å². The number of aromatic nitrogens is 1. The average molecular weight is 341 g/mol. The molecule has 0 aliphatic heterocycles. The van der Waals surface area contributed by atoms with Gasteiger partial charge >= 0.3 is 5.97 Å². The van der Waals surface area contributed by atoms with Crippen LogP contribution in [-0.4, -0.2) is 17.2 Å². The lowest BCUT2D eigenvalue weighted by Crippen LogP contribution is -2.26. The second-order valence-electron chi connectivity index (χ2n) is 5.37. The van der Waals surface area contributed by atoms with E-state index in [1.165, 1.54) is 12.1 Å². The Morgan fingerprint density at radius 3 is 2.60 bits per heavy atom. The number of ether oxygens (including phenoxy) is 2. The number of rotatable bonds is 6. The van der Waals surface area contributed by atoms with Crippen molar-refractivity contribution in [3.05, 3.63) is 72.2 Å². The summed E-state index contributed by atoms with van der Waals surface area (Å²) in [6.45, 7) is 1.58. The van der Waals surface area contributed by atoms with Gasteiger partial charge in [-0.15, -0.1) is 0 Å². The van der Waals surface area contributed by atoms with Gasteiger partial charge in [0.1, 0.15) is 23.9 Å². The van der Waals surface area contributed by atoms with Crippen LogP contribution in [0, 0.1) is 5.82 Å². The maximum absolute atomic E-state index is 12.9. The Morgan fingerprint density at radius 1 is 1.16 bits per heavy atom. The van der Waals surface area contributed by atoms with Crippen molar-refractivity contribution in [1.82, 2.24) is 5.16 Å². The molecule has 0 bridgehead atoms. The van der Waals surface area contributed by atoms with Gasteiger partial charge in [-0.3, -0.25) is 0 Å². The molecule has 1 heterocycles. The Morgan fingerprint density at radius 2 is 1.88 bits per heavy atom. The summed E-state index contributed by atoms with van der Waals surface area (Å²) in [4.78, 5) is 12.0. The van der Waals surface area contributed by atoms with Crippen LogP contribution in [0.2, 0.25) is 0 Å². The zero-order valence-electron chi connectivity index (χ0n) is 13.5. The molecule has 0 N–H and O–H groups in total. The molecule has 0 fully saturated rings. The number of esters is 1. The number of nitrogens with zero attached hydrogens (tertiary/aromatic N) is 1. The van der Waals surface area contributed by atoms with E-state index >= 15 is 0 Å². The predicted molar refractivity (Wildman–Crippen MR) is 88.2 cm³/mol. The third-order valence-corrected chi connectivity index (χ3v) is 3.44. The smallest absolute Gasteiger partial charge is 0.347 e. The predicted octanol–water partition coefficient (Wildman–Crippen LogP) is 3.99. The molecule has 1 unspecified atom stereocenters. The summed E-state index contributed by atoms with van der Waals surface area (Å²) in [5.41, 5.74) is 1.15. The topological polar surface area (TPSA) is 61.6 Å². The van der Waals surface area contributed by atoms with E-state index in [9.17, 15) is 9.18 Å². The standard InChI is InChI=1S/C19H16FNO4/c1-13(24-17-5-3-2-4-6-17)19(22)23-12-16-11-18(25-21-16)14-7-9-15(20)10-8-14/h2-11,13H,12H2,1H3. The number of hydrogen-bond acceptors (Lipinski definition) is 5. The first kappa shape index (κ1) is 16.7. The Balaban J connectivity index is 1.54. The Kier molecular flexibility index (Phi) is 5.09.